The Bertz CT molecular complexity index is 752. The molecule has 0 aliphatic heterocycles. The summed E-state index contributed by atoms with van der Waals surface area (Å²) in [6.07, 6.45) is 1.10. The Morgan fingerprint density at radius 3 is 2.27 bits per heavy atom. The van der Waals surface area contributed by atoms with Crippen molar-refractivity contribution in [2.45, 2.75) is 57.3 Å². The number of hydrogen-bond acceptors (Lipinski definition) is 6. The second-order valence-electron chi connectivity index (χ2n) is 7.37. The molecule has 0 aromatic carbocycles. The summed E-state index contributed by atoms with van der Waals surface area (Å²) in [5.41, 5.74) is -5.59. The molecule has 1 heterocycles. The average Bonchev–Trinajstić information content (AvgIpc) is 2.42. The van der Waals surface area contributed by atoms with Crippen LogP contribution < -0.4 is 4.18 Å². The minimum atomic E-state index is -5.88. The third-order valence-corrected chi connectivity index (χ3v) is 10.0. The zero-order valence-corrected chi connectivity index (χ0v) is 17.9. The summed E-state index contributed by atoms with van der Waals surface area (Å²) in [4.78, 5) is 0. The largest absolute Gasteiger partial charge is 0.534 e. The summed E-state index contributed by atoms with van der Waals surface area (Å²) in [5.74, 6) is -1.37. The predicted molar refractivity (Wildman–Crippen MR) is 94.2 cm³/mol. The monoisotopic (exact) mass is 434 g/mol. The molecule has 1 unspecified atom stereocenters. The van der Waals surface area contributed by atoms with Gasteiger partial charge < -0.3 is 8.61 Å². The molecule has 0 aliphatic rings. The molecule has 150 valence electrons. The minimum absolute atomic E-state index is 0.00630. The Hall–Kier alpha value is -0.913. The van der Waals surface area contributed by atoms with Gasteiger partial charge in [0.15, 0.2) is 8.32 Å². The quantitative estimate of drug-likeness (QED) is 0.373. The van der Waals surface area contributed by atoms with Gasteiger partial charge in [0.2, 0.25) is 0 Å². The van der Waals surface area contributed by atoms with Gasteiger partial charge in [-0.25, -0.2) is 0 Å². The smallest absolute Gasteiger partial charge is 0.416 e. The third kappa shape index (κ3) is 5.30. The Kier molecular flexibility index (Phi) is 6.76. The summed E-state index contributed by atoms with van der Waals surface area (Å²) >= 11 is 6.00. The SMILES string of the molecule is CC(CO[Si](C)(C)C(C)(C)C)c1c(Cl)cnnc1OS(=O)(=O)C(F)(F)F. The van der Waals surface area contributed by atoms with Crippen molar-refractivity contribution in [1.82, 2.24) is 10.2 Å². The van der Waals surface area contributed by atoms with E-state index < -0.39 is 35.7 Å². The fourth-order valence-corrected chi connectivity index (χ4v) is 3.49. The molecule has 1 aromatic rings. The minimum Gasteiger partial charge on any atom is -0.416 e. The Labute approximate surface area is 157 Å². The van der Waals surface area contributed by atoms with Crippen LogP contribution in [0, 0.1) is 0 Å². The lowest BCUT2D eigenvalue weighted by molar-refractivity contribution is -0.0502. The van der Waals surface area contributed by atoms with Gasteiger partial charge in [0.25, 0.3) is 5.88 Å². The van der Waals surface area contributed by atoms with Gasteiger partial charge >= 0.3 is 15.6 Å². The Balaban J connectivity index is 3.14. The molecule has 26 heavy (non-hydrogen) atoms. The van der Waals surface area contributed by atoms with E-state index in [2.05, 4.69) is 14.4 Å². The molecule has 0 bridgehead atoms. The summed E-state index contributed by atoms with van der Waals surface area (Å²) in [6, 6.07) is 0. The lowest BCUT2D eigenvalue weighted by atomic mass is 10.0. The van der Waals surface area contributed by atoms with Gasteiger partial charge in [0, 0.05) is 18.1 Å². The first-order chi connectivity index (χ1) is 11.5. The molecule has 0 saturated heterocycles. The highest BCUT2D eigenvalue weighted by Gasteiger charge is 2.49. The number of aromatic nitrogens is 2. The topological polar surface area (TPSA) is 78.4 Å². The van der Waals surface area contributed by atoms with Crippen LogP contribution in [0.1, 0.15) is 39.2 Å². The molecule has 0 spiro atoms. The molecule has 0 N–H and O–H groups in total. The van der Waals surface area contributed by atoms with E-state index in [1.807, 2.05) is 33.9 Å². The molecule has 0 aliphatic carbocycles. The van der Waals surface area contributed by atoms with Gasteiger partial charge in [-0.1, -0.05) is 39.3 Å². The highest BCUT2D eigenvalue weighted by atomic mass is 35.5. The zero-order chi connectivity index (χ0) is 20.6. The molecular weight excluding hydrogens is 413 g/mol. The lowest BCUT2D eigenvalue weighted by Crippen LogP contribution is -2.41. The number of halogens is 4. The van der Waals surface area contributed by atoms with Gasteiger partial charge in [-0.3, -0.25) is 0 Å². The lowest BCUT2D eigenvalue weighted by Gasteiger charge is -2.37. The summed E-state index contributed by atoms with van der Waals surface area (Å²) in [5, 5.41) is 6.61. The fourth-order valence-electron chi connectivity index (χ4n) is 1.65. The molecule has 0 fully saturated rings. The normalized spacial score (nSPS) is 15.0. The zero-order valence-electron chi connectivity index (χ0n) is 15.3. The highest BCUT2D eigenvalue weighted by Crippen LogP contribution is 2.39. The summed E-state index contributed by atoms with van der Waals surface area (Å²) < 4.78 is 70.4. The maximum absolute atomic E-state index is 12.6. The maximum atomic E-state index is 12.6. The molecule has 12 heteroatoms. The van der Waals surface area contributed by atoms with E-state index in [0.29, 0.717) is 0 Å². The van der Waals surface area contributed by atoms with Crippen LogP contribution in [0.15, 0.2) is 6.20 Å². The van der Waals surface area contributed by atoms with Crippen molar-refractivity contribution in [2.24, 2.45) is 0 Å². The highest BCUT2D eigenvalue weighted by molar-refractivity contribution is 7.87. The van der Waals surface area contributed by atoms with Gasteiger partial charge in [-0.2, -0.15) is 26.7 Å². The van der Waals surface area contributed by atoms with Gasteiger partial charge in [-0.15, -0.1) is 5.10 Å². The molecule has 1 atom stereocenters. The summed E-state index contributed by atoms with van der Waals surface area (Å²) in [7, 11) is -8.01. The third-order valence-electron chi connectivity index (χ3n) is 4.27. The molecule has 0 amide bonds. The van der Waals surface area contributed by atoms with E-state index in [0.717, 1.165) is 6.20 Å². The molecule has 1 aromatic heterocycles. The van der Waals surface area contributed by atoms with Crippen molar-refractivity contribution in [3.8, 4) is 5.88 Å². The van der Waals surface area contributed by atoms with E-state index in [1.165, 1.54) is 0 Å². The molecule has 6 nitrogen and oxygen atoms in total. The Morgan fingerprint density at radius 1 is 1.27 bits per heavy atom. The fraction of sp³-hybridized carbons (Fsp3) is 0.714. The number of hydrogen-bond donors (Lipinski definition) is 0. The van der Waals surface area contributed by atoms with E-state index in [-0.39, 0.29) is 22.2 Å². The van der Waals surface area contributed by atoms with E-state index in [1.54, 1.807) is 6.92 Å². The van der Waals surface area contributed by atoms with Crippen molar-refractivity contribution in [3.63, 3.8) is 0 Å². The second-order valence-corrected chi connectivity index (χ2v) is 14.1. The van der Waals surface area contributed by atoms with Crippen LogP contribution in [0.25, 0.3) is 0 Å². The maximum Gasteiger partial charge on any atom is 0.534 e. The predicted octanol–water partition coefficient (Wildman–Crippen LogP) is 4.48. The first-order valence-corrected chi connectivity index (χ1v) is 12.3. The second kappa shape index (κ2) is 7.61. The van der Waals surface area contributed by atoms with Crippen LogP contribution in [0.3, 0.4) is 0 Å². The van der Waals surface area contributed by atoms with Crippen molar-refractivity contribution >= 4 is 30.0 Å². The van der Waals surface area contributed by atoms with Crippen molar-refractivity contribution in [1.29, 1.82) is 0 Å². The van der Waals surface area contributed by atoms with Crippen LogP contribution in [-0.2, 0) is 14.5 Å². The molecular formula is C14H22ClF3N2O4SSi. The molecule has 0 saturated carbocycles. The number of rotatable bonds is 6. The van der Waals surface area contributed by atoms with Crippen LogP contribution in [0.2, 0.25) is 23.2 Å². The van der Waals surface area contributed by atoms with Crippen molar-refractivity contribution in [2.75, 3.05) is 6.61 Å². The van der Waals surface area contributed by atoms with Gasteiger partial charge in [-0.05, 0) is 18.1 Å². The summed E-state index contributed by atoms with van der Waals surface area (Å²) in [6.45, 7) is 11.9. The average molecular weight is 435 g/mol. The van der Waals surface area contributed by atoms with E-state index in [9.17, 15) is 21.6 Å². The first kappa shape index (κ1) is 23.1. The van der Waals surface area contributed by atoms with Crippen LogP contribution in [0.5, 0.6) is 5.88 Å². The number of nitrogens with zero attached hydrogens (tertiary/aromatic N) is 2. The first-order valence-electron chi connectivity index (χ1n) is 7.65. The van der Waals surface area contributed by atoms with Crippen LogP contribution >= 0.6 is 11.6 Å². The van der Waals surface area contributed by atoms with Crippen molar-refractivity contribution < 1.29 is 30.2 Å². The van der Waals surface area contributed by atoms with Gasteiger partial charge in [0.1, 0.15) is 0 Å². The molecule has 1 rings (SSSR count). The van der Waals surface area contributed by atoms with E-state index in [4.69, 9.17) is 16.0 Å². The standard InChI is InChI=1S/C14H22ClF3N2O4SSi/c1-9(8-23-26(5,6)13(2,3)4)11-10(15)7-19-20-12(11)24-25(21,22)14(16,17)18/h7,9H,8H2,1-6H3. The Morgan fingerprint density at radius 2 is 1.81 bits per heavy atom. The number of alkyl halides is 3. The van der Waals surface area contributed by atoms with Gasteiger partial charge in [0.05, 0.1) is 11.2 Å². The van der Waals surface area contributed by atoms with E-state index >= 15 is 0 Å². The molecule has 0 radical (unpaired) electrons. The van der Waals surface area contributed by atoms with Crippen LogP contribution in [-0.4, -0.2) is 39.0 Å². The van der Waals surface area contributed by atoms with Crippen molar-refractivity contribution in [3.05, 3.63) is 16.8 Å². The van der Waals surface area contributed by atoms with Crippen LogP contribution in [0.4, 0.5) is 13.2 Å².